The number of hydrogen-bond donors (Lipinski definition) is 1. The van der Waals surface area contributed by atoms with Crippen LogP contribution in [0.2, 0.25) is 5.15 Å². The Balaban J connectivity index is 2.07. The molecule has 0 aliphatic carbocycles. The predicted octanol–water partition coefficient (Wildman–Crippen LogP) is 6.16. The van der Waals surface area contributed by atoms with Crippen LogP contribution in [0.1, 0.15) is 51.1 Å². The third kappa shape index (κ3) is 5.43. The first-order valence-corrected chi connectivity index (χ1v) is 12.1. The fraction of sp³-hybridized carbons (Fsp3) is 0.333. The van der Waals surface area contributed by atoms with E-state index in [-0.39, 0.29) is 21.3 Å². The largest absolute Gasteiger partial charge is 0.263 e. The Labute approximate surface area is 190 Å². The smallest absolute Gasteiger partial charge is 0.263 e. The normalized spacial score (nSPS) is 12.1. The monoisotopic (exact) mass is 457 g/mol. The molecule has 3 aromatic rings. The summed E-state index contributed by atoms with van der Waals surface area (Å²) >= 11 is 6.50. The summed E-state index contributed by atoms with van der Waals surface area (Å²) in [6.45, 7) is 10.2. The van der Waals surface area contributed by atoms with Crippen molar-refractivity contribution in [1.82, 2.24) is 9.97 Å². The van der Waals surface area contributed by atoms with Crippen LogP contribution in [-0.4, -0.2) is 18.4 Å². The Hall–Kier alpha value is -2.44. The molecular formula is C24H28ClN3O2S. The molecule has 0 atom stereocenters. The van der Waals surface area contributed by atoms with Crippen LogP contribution in [0, 0.1) is 6.92 Å². The molecule has 31 heavy (non-hydrogen) atoms. The van der Waals surface area contributed by atoms with Crippen molar-refractivity contribution in [2.75, 3.05) is 4.72 Å². The van der Waals surface area contributed by atoms with Gasteiger partial charge in [0.15, 0.2) is 5.82 Å². The highest BCUT2D eigenvalue weighted by Crippen LogP contribution is 2.34. The van der Waals surface area contributed by atoms with Crippen molar-refractivity contribution in [3.63, 3.8) is 0 Å². The van der Waals surface area contributed by atoms with Crippen molar-refractivity contribution in [2.24, 2.45) is 0 Å². The maximum Gasteiger partial charge on any atom is 0.263 e. The number of aryl methyl sites for hydroxylation is 2. The summed E-state index contributed by atoms with van der Waals surface area (Å²) in [6.07, 6.45) is 1.42. The maximum absolute atomic E-state index is 13.2. The summed E-state index contributed by atoms with van der Waals surface area (Å²) in [6, 6.07) is 14.6. The summed E-state index contributed by atoms with van der Waals surface area (Å²) in [5, 5.41) is 0.225. The summed E-state index contributed by atoms with van der Waals surface area (Å²) in [7, 11) is -3.86. The summed E-state index contributed by atoms with van der Waals surface area (Å²) in [5.74, 6) is 0.691. The minimum atomic E-state index is -3.86. The second-order valence-electron chi connectivity index (χ2n) is 8.65. The van der Waals surface area contributed by atoms with Crippen molar-refractivity contribution in [3.05, 3.63) is 70.6 Å². The molecule has 7 heteroatoms. The summed E-state index contributed by atoms with van der Waals surface area (Å²) < 4.78 is 29.0. The Morgan fingerprint density at radius 3 is 2.13 bits per heavy atom. The minimum Gasteiger partial charge on any atom is -0.263 e. The molecule has 3 rings (SSSR count). The molecule has 2 aromatic carbocycles. The molecule has 0 spiro atoms. The van der Waals surface area contributed by atoms with Gasteiger partial charge in [-0.05, 0) is 42.0 Å². The molecule has 0 amide bonds. The highest BCUT2D eigenvalue weighted by atomic mass is 35.5. The molecule has 0 aliphatic rings. The second kappa shape index (κ2) is 8.97. The van der Waals surface area contributed by atoms with Gasteiger partial charge in [-0.15, -0.1) is 0 Å². The van der Waals surface area contributed by atoms with Crippen molar-refractivity contribution in [1.29, 1.82) is 0 Å². The number of rotatable bonds is 6. The van der Waals surface area contributed by atoms with Crippen molar-refractivity contribution < 1.29 is 8.42 Å². The molecule has 0 unspecified atom stereocenters. The van der Waals surface area contributed by atoms with Crippen LogP contribution < -0.4 is 4.72 Å². The molecular weight excluding hydrogens is 430 g/mol. The van der Waals surface area contributed by atoms with Crippen LogP contribution in [0.3, 0.4) is 0 Å². The van der Waals surface area contributed by atoms with Gasteiger partial charge in [0.1, 0.15) is 11.0 Å². The molecule has 1 N–H and O–H groups in total. The van der Waals surface area contributed by atoms with Gasteiger partial charge in [-0.2, -0.15) is 0 Å². The number of aromatic nitrogens is 2. The van der Waals surface area contributed by atoms with Gasteiger partial charge in [-0.1, -0.05) is 81.3 Å². The lowest BCUT2D eigenvalue weighted by atomic mass is 9.87. The molecule has 1 aromatic heterocycles. The second-order valence-corrected chi connectivity index (χ2v) is 10.7. The number of halogens is 1. The lowest BCUT2D eigenvalue weighted by molar-refractivity contribution is 0.587. The standard InChI is InChI=1S/C24H28ClN3O2S/c1-6-7-20-26-22(25)21(17-10-8-16(2)9-11-17)23(27-20)28-31(29,30)19-14-12-18(13-15-19)24(3,4)5/h8-15H,6-7H2,1-5H3,(H,26,27,28). The topological polar surface area (TPSA) is 72.0 Å². The Morgan fingerprint density at radius 2 is 1.58 bits per heavy atom. The zero-order chi connectivity index (χ0) is 22.8. The van der Waals surface area contributed by atoms with Crippen LogP contribution in [0.15, 0.2) is 53.4 Å². The number of nitrogens with zero attached hydrogens (tertiary/aromatic N) is 2. The average Bonchev–Trinajstić information content (AvgIpc) is 2.68. The molecule has 0 aliphatic heterocycles. The maximum atomic E-state index is 13.2. The number of hydrogen-bond acceptors (Lipinski definition) is 4. The fourth-order valence-electron chi connectivity index (χ4n) is 3.18. The lowest BCUT2D eigenvalue weighted by Gasteiger charge is -2.19. The van der Waals surface area contributed by atoms with E-state index < -0.39 is 10.0 Å². The SMILES string of the molecule is CCCc1nc(Cl)c(-c2ccc(C)cc2)c(NS(=O)(=O)c2ccc(C(C)(C)C)cc2)n1. The first kappa shape index (κ1) is 23.2. The summed E-state index contributed by atoms with van der Waals surface area (Å²) in [5.41, 5.74) is 3.30. The van der Waals surface area contributed by atoms with E-state index in [9.17, 15) is 8.42 Å². The van der Waals surface area contributed by atoms with Gasteiger partial charge >= 0.3 is 0 Å². The molecule has 0 bridgehead atoms. The van der Waals surface area contributed by atoms with E-state index in [1.54, 1.807) is 12.1 Å². The van der Waals surface area contributed by atoms with Crippen LogP contribution in [0.25, 0.3) is 11.1 Å². The van der Waals surface area contributed by atoms with Crippen LogP contribution in [0.4, 0.5) is 5.82 Å². The van der Waals surface area contributed by atoms with Gasteiger partial charge in [-0.3, -0.25) is 4.72 Å². The van der Waals surface area contributed by atoms with Crippen molar-refractivity contribution in [3.8, 4) is 11.1 Å². The number of nitrogens with one attached hydrogen (secondary N) is 1. The molecule has 164 valence electrons. The van der Waals surface area contributed by atoms with Gasteiger partial charge in [0.2, 0.25) is 0 Å². The third-order valence-corrected chi connectivity index (χ3v) is 6.62. The average molecular weight is 458 g/mol. The van der Waals surface area contributed by atoms with Gasteiger partial charge in [0.25, 0.3) is 10.0 Å². The molecule has 5 nitrogen and oxygen atoms in total. The van der Waals surface area contributed by atoms with E-state index in [1.165, 1.54) is 0 Å². The lowest BCUT2D eigenvalue weighted by Crippen LogP contribution is -2.17. The van der Waals surface area contributed by atoms with Gasteiger partial charge < -0.3 is 0 Å². The first-order valence-electron chi connectivity index (χ1n) is 10.3. The highest BCUT2D eigenvalue weighted by molar-refractivity contribution is 7.92. The third-order valence-electron chi connectivity index (χ3n) is 4.99. The minimum absolute atomic E-state index is 0.0659. The zero-order valence-electron chi connectivity index (χ0n) is 18.5. The number of anilines is 1. The first-order chi connectivity index (χ1) is 14.5. The fourth-order valence-corrected chi connectivity index (χ4v) is 4.49. The van der Waals surface area contributed by atoms with Crippen LogP contribution >= 0.6 is 11.6 Å². The van der Waals surface area contributed by atoms with E-state index >= 15 is 0 Å². The molecule has 1 heterocycles. The molecule has 0 saturated carbocycles. The Kier molecular flexibility index (Phi) is 6.72. The quantitative estimate of drug-likeness (QED) is 0.450. The molecule has 0 saturated heterocycles. The van der Waals surface area contributed by atoms with E-state index in [2.05, 4.69) is 35.5 Å². The molecule has 0 radical (unpaired) electrons. The van der Waals surface area contributed by atoms with E-state index in [4.69, 9.17) is 11.6 Å². The van der Waals surface area contributed by atoms with E-state index in [0.717, 1.165) is 23.1 Å². The number of benzene rings is 2. The van der Waals surface area contributed by atoms with Crippen molar-refractivity contribution >= 4 is 27.4 Å². The zero-order valence-corrected chi connectivity index (χ0v) is 20.1. The highest BCUT2D eigenvalue weighted by Gasteiger charge is 2.22. The molecule has 0 fully saturated rings. The van der Waals surface area contributed by atoms with Crippen LogP contribution in [0.5, 0.6) is 0 Å². The van der Waals surface area contributed by atoms with Gasteiger partial charge in [0.05, 0.1) is 10.5 Å². The van der Waals surface area contributed by atoms with E-state index in [1.807, 2.05) is 50.2 Å². The Morgan fingerprint density at radius 1 is 0.968 bits per heavy atom. The Bertz CT molecular complexity index is 1170. The van der Waals surface area contributed by atoms with Gasteiger partial charge in [0, 0.05) is 6.42 Å². The summed E-state index contributed by atoms with van der Waals surface area (Å²) in [4.78, 5) is 9.06. The van der Waals surface area contributed by atoms with Crippen LogP contribution in [-0.2, 0) is 21.9 Å². The van der Waals surface area contributed by atoms with Crippen molar-refractivity contribution in [2.45, 2.75) is 57.8 Å². The van der Waals surface area contributed by atoms with Gasteiger partial charge in [-0.25, -0.2) is 18.4 Å². The van der Waals surface area contributed by atoms with E-state index in [0.29, 0.717) is 17.8 Å². The number of sulfonamides is 1. The predicted molar refractivity (Wildman–Crippen MR) is 127 cm³/mol.